The lowest BCUT2D eigenvalue weighted by Gasteiger charge is -2.07. The van der Waals surface area contributed by atoms with Gasteiger partial charge in [0.1, 0.15) is 0 Å². The van der Waals surface area contributed by atoms with Crippen LogP contribution in [0.1, 0.15) is 24.2 Å². The summed E-state index contributed by atoms with van der Waals surface area (Å²) in [6.45, 7) is 2.80. The van der Waals surface area contributed by atoms with Crippen molar-refractivity contribution in [1.29, 1.82) is 0 Å². The van der Waals surface area contributed by atoms with Crippen molar-refractivity contribution in [1.82, 2.24) is 0 Å². The zero-order valence-corrected chi connectivity index (χ0v) is 12.1. The fourth-order valence-corrected chi connectivity index (χ4v) is 3.36. The predicted octanol–water partition coefficient (Wildman–Crippen LogP) is 0.972. The number of hydrogen-bond acceptors (Lipinski definition) is 5. The highest BCUT2D eigenvalue weighted by molar-refractivity contribution is 7.92. The summed E-state index contributed by atoms with van der Waals surface area (Å²) in [4.78, 5) is 10.4. The molecule has 0 bridgehead atoms. The minimum Gasteiger partial charge on any atom is -0.478 e. The van der Waals surface area contributed by atoms with Crippen molar-refractivity contribution >= 4 is 25.6 Å². The van der Waals surface area contributed by atoms with Gasteiger partial charge >= 0.3 is 5.97 Å². The molecule has 0 atom stereocenters. The Bertz CT molecular complexity index is 648. The fourth-order valence-electron chi connectivity index (χ4n) is 1.39. The van der Waals surface area contributed by atoms with E-state index in [4.69, 9.17) is 5.11 Å². The van der Waals surface area contributed by atoms with E-state index in [1.165, 1.54) is 13.8 Å². The Balaban J connectivity index is 3.66. The average Bonchev–Trinajstić information content (AvgIpc) is 2.38. The molecule has 1 aromatic rings. The van der Waals surface area contributed by atoms with Gasteiger partial charge in [0.15, 0.2) is 19.7 Å². The Morgan fingerprint density at radius 2 is 1.32 bits per heavy atom. The lowest BCUT2D eigenvalue weighted by molar-refractivity contribution is 0.0696. The summed E-state index contributed by atoms with van der Waals surface area (Å²) < 4.78 is 47.0. The summed E-state index contributed by atoms with van der Waals surface area (Å²) in [5.74, 6) is -1.84. The molecule has 1 N–H and O–H groups in total. The van der Waals surface area contributed by atoms with Gasteiger partial charge in [0, 0.05) is 0 Å². The maximum absolute atomic E-state index is 11.8. The van der Waals surface area contributed by atoms with Crippen LogP contribution in [0, 0.1) is 0 Å². The van der Waals surface area contributed by atoms with Gasteiger partial charge in [-0.15, -0.1) is 0 Å². The molecule has 0 fully saturated rings. The van der Waals surface area contributed by atoms with Crippen molar-refractivity contribution in [2.45, 2.75) is 23.6 Å². The number of benzene rings is 1. The van der Waals surface area contributed by atoms with Crippen LogP contribution < -0.4 is 0 Å². The summed E-state index contributed by atoms with van der Waals surface area (Å²) >= 11 is 0. The smallest absolute Gasteiger partial charge is 0.335 e. The largest absolute Gasteiger partial charge is 0.478 e. The minimum absolute atomic E-state index is 0.234. The highest BCUT2D eigenvalue weighted by Crippen LogP contribution is 2.21. The molecule has 0 radical (unpaired) electrons. The molecule has 0 spiro atoms. The van der Waals surface area contributed by atoms with Crippen molar-refractivity contribution in [2.75, 3.05) is 11.5 Å². The number of carboxylic acids is 1. The van der Waals surface area contributed by atoms with E-state index < -0.39 is 25.6 Å². The van der Waals surface area contributed by atoms with Gasteiger partial charge in [-0.2, -0.15) is 0 Å². The Morgan fingerprint density at radius 3 is 1.58 bits per heavy atom. The van der Waals surface area contributed by atoms with Crippen molar-refractivity contribution in [3.8, 4) is 0 Å². The van der Waals surface area contributed by atoms with Crippen LogP contribution in [-0.2, 0) is 19.7 Å². The van der Waals surface area contributed by atoms with Crippen LogP contribution in [0.3, 0.4) is 0 Å². The van der Waals surface area contributed by atoms with E-state index in [0.717, 1.165) is 18.2 Å². The van der Waals surface area contributed by atoms with E-state index in [-0.39, 0.29) is 26.9 Å². The van der Waals surface area contributed by atoms with Crippen molar-refractivity contribution in [3.05, 3.63) is 23.8 Å². The fraction of sp³-hybridized carbons (Fsp3) is 0.364. The molecule has 0 heterocycles. The topological polar surface area (TPSA) is 106 Å². The van der Waals surface area contributed by atoms with Crippen LogP contribution in [0.5, 0.6) is 0 Å². The first-order valence-electron chi connectivity index (χ1n) is 5.48. The molecule has 0 aliphatic heterocycles. The maximum atomic E-state index is 11.8. The summed E-state index contributed by atoms with van der Waals surface area (Å²) in [6.07, 6.45) is 0. The highest BCUT2D eigenvalue weighted by Gasteiger charge is 2.21. The third-order valence-corrected chi connectivity index (χ3v) is 6.03. The van der Waals surface area contributed by atoms with Crippen LogP contribution in [-0.4, -0.2) is 39.4 Å². The molecular weight excluding hydrogens is 292 g/mol. The van der Waals surface area contributed by atoms with Gasteiger partial charge in [-0.3, -0.25) is 0 Å². The summed E-state index contributed by atoms with van der Waals surface area (Å²) in [6, 6.07) is 2.94. The number of aromatic carboxylic acids is 1. The quantitative estimate of drug-likeness (QED) is 0.869. The van der Waals surface area contributed by atoms with E-state index in [0.29, 0.717) is 0 Å². The average molecular weight is 306 g/mol. The lowest BCUT2D eigenvalue weighted by atomic mass is 10.2. The van der Waals surface area contributed by atoms with Gasteiger partial charge in [0.05, 0.1) is 26.9 Å². The molecule has 1 aromatic carbocycles. The van der Waals surface area contributed by atoms with E-state index in [1.807, 2.05) is 0 Å². The van der Waals surface area contributed by atoms with E-state index in [2.05, 4.69) is 0 Å². The second-order valence-electron chi connectivity index (χ2n) is 3.81. The van der Waals surface area contributed by atoms with Gasteiger partial charge in [0.2, 0.25) is 0 Å². The van der Waals surface area contributed by atoms with E-state index in [9.17, 15) is 21.6 Å². The monoisotopic (exact) mass is 306 g/mol. The zero-order chi connectivity index (χ0) is 14.8. The van der Waals surface area contributed by atoms with Crippen LogP contribution in [0.25, 0.3) is 0 Å². The molecule has 0 aliphatic carbocycles. The van der Waals surface area contributed by atoms with Gasteiger partial charge in [-0.1, -0.05) is 13.8 Å². The van der Waals surface area contributed by atoms with Crippen LogP contribution >= 0.6 is 0 Å². The number of carboxylic acid groups (broad SMARTS) is 1. The summed E-state index contributed by atoms with van der Waals surface area (Å²) in [5.41, 5.74) is -0.360. The van der Waals surface area contributed by atoms with Gasteiger partial charge in [0.25, 0.3) is 0 Å². The third-order valence-electron chi connectivity index (χ3n) is 2.61. The SMILES string of the molecule is CCS(=O)(=O)c1cc(C(=O)O)cc(S(=O)(=O)CC)c1. The molecule has 1 rings (SSSR count). The van der Waals surface area contributed by atoms with E-state index >= 15 is 0 Å². The van der Waals surface area contributed by atoms with Crippen molar-refractivity contribution < 1.29 is 26.7 Å². The summed E-state index contributed by atoms with van der Waals surface area (Å²) in [7, 11) is -7.35. The molecule has 0 saturated carbocycles. The molecule has 0 saturated heterocycles. The minimum atomic E-state index is -3.67. The third kappa shape index (κ3) is 3.32. The maximum Gasteiger partial charge on any atom is 0.335 e. The molecule has 0 aliphatic rings. The van der Waals surface area contributed by atoms with E-state index in [1.54, 1.807) is 0 Å². The molecule has 19 heavy (non-hydrogen) atoms. The van der Waals surface area contributed by atoms with Gasteiger partial charge < -0.3 is 5.11 Å². The lowest BCUT2D eigenvalue weighted by Crippen LogP contribution is -2.11. The van der Waals surface area contributed by atoms with Crippen LogP contribution in [0.2, 0.25) is 0 Å². The van der Waals surface area contributed by atoms with Crippen LogP contribution in [0.4, 0.5) is 0 Å². The Kier molecular flexibility index (Phi) is 4.36. The molecule has 0 aromatic heterocycles. The number of sulfone groups is 2. The zero-order valence-electron chi connectivity index (χ0n) is 10.5. The Morgan fingerprint density at radius 1 is 0.947 bits per heavy atom. The Hall–Kier alpha value is -1.41. The standard InChI is InChI=1S/C11H14O6S2/c1-3-18(14,15)9-5-8(11(12)13)6-10(7-9)19(16,17)4-2/h5-7H,3-4H2,1-2H3,(H,12,13). The number of rotatable bonds is 5. The Labute approximate surface area is 111 Å². The van der Waals surface area contributed by atoms with Crippen molar-refractivity contribution in [2.24, 2.45) is 0 Å². The molecular formula is C11H14O6S2. The first kappa shape index (κ1) is 15.6. The first-order chi connectivity index (χ1) is 8.64. The normalized spacial score (nSPS) is 12.3. The van der Waals surface area contributed by atoms with Crippen LogP contribution in [0.15, 0.2) is 28.0 Å². The van der Waals surface area contributed by atoms with Crippen molar-refractivity contribution in [3.63, 3.8) is 0 Å². The second kappa shape index (κ2) is 5.30. The van der Waals surface area contributed by atoms with Gasteiger partial charge in [-0.05, 0) is 18.2 Å². The summed E-state index contributed by atoms with van der Waals surface area (Å²) in [5, 5.41) is 8.92. The highest BCUT2D eigenvalue weighted by atomic mass is 32.2. The number of carbonyl (C=O) groups is 1. The molecule has 6 nitrogen and oxygen atoms in total. The molecule has 0 unspecified atom stereocenters. The van der Waals surface area contributed by atoms with Gasteiger partial charge in [-0.25, -0.2) is 21.6 Å². The molecule has 8 heteroatoms. The second-order valence-corrected chi connectivity index (χ2v) is 8.36. The first-order valence-corrected chi connectivity index (χ1v) is 8.78. The molecule has 106 valence electrons. The predicted molar refractivity (Wildman–Crippen MR) is 68.9 cm³/mol. The molecule has 0 amide bonds. The number of hydrogen-bond donors (Lipinski definition) is 1.